The number of nitrogens with two attached hydrogens (primary N) is 1. The molecule has 0 bridgehead atoms. The molecule has 1 unspecified atom stereocenters. The molecule has 0 aliphatic heterocycles. The molecular weight excluding hydrogens is 256 g/mol. The molecule has 2 N–H and O–H groups in total. The van der Waals surface area contributed by atoms with Crippen LogP contribution in [-0.2, 0) is 0 Å². The summed E-state index contributed by atoms with van der Waals surface area (Å²) in [7, 11) is 0. The van der Waals surface area contributed by atoms with Crippen molar-refractivity contribution in [3.05, 3.63) is 35.4 Å². The van der Waals surface area contributed by atoms with Crippen molar-refractivity contribution in [2.45, 2.75) is 58.4 Å². The Morgan fingerprint density at radius 2 is 1.71 bits per heavy atom. The lowest BCUT2D eigenvalue weighted by molar-refractivity contribution is 0.174. The maximum absolute atomic E-state index is 6.11. The van der Waals surface area contributed by atoms with Gasteiger partial charge in [0.2, 0.25) is 0 Å². The lowest BCUT2D eigenvalue weighted by Crippen LogP contribution is -2.37. The van der Waals surface area contributed by atoms with E-state index in [9.17, 15) is 0 Å². The van der Waals surface area contributed by atoms with Gasteiger partial charge in [-0.15, -0.1) is 0 Å². The van der Waals surface area contributed by atoms with Crippen LogP contribution in [0, 0.1) is 5.92 Å². The predicted octanol–water partition coefficient (Wildman–Crippen LogP) is 4.32. The average molecular weight is 288 g/mol. The molecule has 1 aromatic carbocycles. The summed E-state index contributed by atoms with van der Waals surface area (Å²) in [5.74, 6) is 1.62. The second-order valence-electron chi connectivity index (χ2n) is 6.46. The fourth-order valence-corrected chi connectivity index (χ4v) is 3.26. The van der Waals surface area contributed by atoms with Crippen molar-refractivity contribution in [3.8, 4) is 0 Å². The van der Waals surface area contributed by atoms with Crippen molar-refractivity contribution in [3.63, 3.8) is 0 Å². The van der Waals surface area contributed by atoms with Crippen molar-refractivity contribution in [2.75, 3.05) is 19.6 Å². The van der Waals surface area contributed by atoms with Gasteiger partial charge in [0.1, 0.15) is 0 Å². The van der Waals surface area contributed by atoms with Crippen LogP contribution < -0.4 is 5.73 Å². The Hall–Kier alpha value is -0.860. The van der Waals surface area contributed by atoms with Crippen molar-refractivity contribution >= 4 is 0 Å². The second kappa shape index (κ2) is 7.95. The zero-order valence-electron chi connectivity index (χ0n) is 14.0. The summed E-state index contributed by atoms with van der Waals surface area (Å²) < 4.78 is 0. The van der Waals surface area contributed by atoms with Gasteiger partial charge in [0.05, 0.1) is 0 Å². The topological polar surface area (TPSA) is 29.3 Å². The molecule has 1 fully saturated rings. The van der Waals surface area contributed by atoms with Gasteiger partial charge < -0.3 is 5.73 Å². The van der Waals surface area contributed by atoms with E-state index in [1.807, 2.05) is 0 Å². The highest BCUT2D eigenvalue weighted by molar-refractivity contribution is 5.30. The highest BCUT2D eigenvalue weighted by Gasteiger charge is 2.24. The fraction of sp³-hybridized carbons (Fsp3) is 0.684. The second-order valence-corrected chi connectivity index (χ2v) is 6.46. The third kappa shape index (κ3) is 4.31. The van der Waals surface area contributed by atoms with Crippen molar-refractivity contribution in [1.29, 1.82) is 0 Å². The molecule has 0 saturated heterocycles. The number of rotatable bonds is 9. The van der Waals surface area contributed by atoms with Gasteiger partial charge in [0.15, 0.2) is 0 Å². The lowest BCUT2D eigenvalue weighted by Gasteiger charge is -2.33. The molecule has 2 rings (SSSR count). The molecule has 0 aromatic heterocycles. The number of nitrogens with zero attached hydrogens (tertiary/aromatic N) is 1. The van der Waals surface area contributed by atoms with Gasteiger partial charge in [0.25, 0.3) is 0 Å². The van der Waals surface area contributed by atoms with E-state index in [-0.39, 0.29) is 0 Å². The van der Waals surface area contributed by atoms with E-state index >= 15 is 0 Å². The van der Waals surface area contributed by atoms with Gasteiger partial charge in [-0.3, -0.25) is 4.90 Å². The SMILES string of the molecule is CCC(CC)CN(CC)C(CN)c1ccc(C2CC2)cc1. The molecule has 1 saturated carbocycles. The summed E-state index contributed by atoms with van der Waals surface area (Å²) in [5, 5.41) is 0. The van der Waals surface area contributed by atoms with Crippen LogP contribution in [0.15, 0.2) is 24.3 Å². The third-order valence-corrected chi connectivity index (χ3v) is 5.09. The Kier molecular flexibility index (Phi) is 6.25. The molecule has 1 atom stereocenters. The summed E-state index contributed by atoms with van der Waals surface area (Å²) in [6.45, 7) is 9.78. The van der Waals surface area contributed by atoms with Crippen molar-refractivity contribution in [1.82, 2.24) is 4.90 Å². The first-order valence-electron chi connectivity index (χ1n) is 8.77. The maximum atomic E-state index is 6.11. The van der Waals surface area contributed by atoms with Crippen LogP contribution >= 0.6 is 0 Å². The van der Waals surface area contributed by atoms with E-state index < -0.39 is 0 Å². The minimum atomic E-state index is 0.365. The summed E-state index contributed by atoms with van der Waals surface area (Å²) >= 11 is 0. The highest BCUT2D eigenvalue weighted by atomic mass is 15.2. The molecular formula is C19H32N2. The van der Waals surface area contributed by atoms with Gasteiger partial charge in [-0.1, -0.05) is 57.9 Å². The number of likely N-dealkylation sites (N-methyl/N-ethyl adjacent to an activating group) is 1. The molecule has 118 valence electrons. The van der Waals surface area contributed by atoms with Crippen LogP contribution in [-0.4, -0.2) is 24.5 Å². The van der Waals surface area contributed by atoms with E-state index in [0.29, 0.717) is 12.6 Å². The molecule has 0 heterocycles. The molecule has 0 amide bonds. The Morgan fingerprint density at radius 1 is 1.10 bits per heavy atom. The van der Waals surface area contributed by atoms with E-state index in [1.165, 1.54) is 36.8 Å². The van der Waals surface area contributed by atoms with Crippen molar-refractivity contribution < 1.29 is 0 Å². The van der Waals surface area contributed by atoms with Gasteiger partial charge in [-0.05, 0) is 42.3 Å². The summed E-state index contributed by atoms with van der Waals surface area (Å²) in [6.07, 6.45) is 5.25. The largest absolute Gasteiger partial charge is 0.329 e. The first-order chi connectivity index (χ1) is 10.2. The van der Waals surface area contributed by atoms with Gasteiger partial charge in [-0.25, -0.2) is 0 Å². The van der Waals surface area contributed by atoms with E-state index in [2.05, 4.69) is 49.9 Å². The Morgan fingerprint density at radius 3 is 2.14 bits per heavy atom. The van der Waals surface area contributed by atoms with Crippen molar-refractivity contribution in [2.24, 2.45) is 11.7 Å². The smallest absolute Gasteiger partial charge is 0.0470 e. The minimum absolute atomic E-state index is 0.365. The van der Waals surface area contributed by atoms with Gasteiger partial charge >= 0.3 is 0 Å². The van der Waals surface area contributed by atoms with Crippen LogP contribution in [0.4, 0.5) is 0 Å². The molecule has 2 nitrogen and oxygen atoms in total. The molecule has 1 aliphatic rings. The van der Waals surface area contributed by atoms with Crippen LogP contribution in [0.5, 0.6) is 0 Å². The zero-order chi connectivity index (χ0) is 15.2. The van der Waals surface area contributed by atoms with Gasteiger partial charge in [0, 0.05) is 19.1 Å². The number of hydrogen-bond donors (Lipinski definition) is 1. The third-order valence-electron chi connectivity index (χ3n) is 5.09. The normalized spacial score (nSPS) is 16.7. The Labute approximate surface area is 130 Å². The monoisotopic (exact) mass is 288 g/mol. The first kappa shape index (κ1) is 16.5. The van der Waals surface area contributed by atoms with E-state index in [4.69, 9.17) is 5.73 Å². The standard InChI is InChI=1S/C19H32N2/c1-4-15(5-2)14-21(6-3)19(13-20)18-11-9-17(10-12-18)16-7-8-16/h9-12,15-16,19H,4-8,13-14,20H2,1-3H3. The summed E-state index contributed by atoms with van der Waals surface area (Å²) in [6, 6.07) is 9.62. The lowest BCUT2D eigenvalue weighted by atomic mass is 9.98. The first-order valence-corrected chi connectivity index (χ1v) is 8.77. The molecule has 2 heteroatoms. The predicted molar refractivity (Wildman–Crippen MR) is 91.5 cm³/mol. The Bertz CT molecular complexity index is 404. The summed E-state index contributed by atoms with van der Waals surface area (Å²) in [5.41, 5.74) is 9.00. The van der Waals surface area contributed by atoms with E-state index in [0.717, 1.165) is 24.9 Å². The quantitative estimate of drug-likeness (QED) is 0.733. The maximum Gasteiger partial charge on any atom is 0.0470 e. The highest BCUT2D eigenvalue weighted by Crippen LogP contribution is 2.40. The molecule has 21 heavy (non-hydrogen) atoms. The van der Waals surface area contributed by atoms with Gasteiger partial charge in [-0.2, -0.15) is 0 Å². The number of benzene rings is 1. The molecule has 1 aliphatic carbocycles. The fourth-order valence-electron chi connectivity index (χ4n) is 3.26. The van der Waals surface area contributed by atoms with Crippen LogP contribution in [0.1, 0.15) is 69.5 Å². The Balaban J connectivity index is 2.07. The molecule has 1 aromatic rings. The summed E-state index contributed by atoms with van der Waals surface area (Å²) in [4.78, 5) is 2.56. The molecule has 0 radical (unpaired) electrons. The van der Waals surface area contributed by atoms with Crippen LogP contribution in [0.3, 0.4) is 0 Å². The average Bonchev–Trinajstić information content (AvgIpc) is 3.37. The van der Waals surface area contributed by atoms with Crippen LogP contribution in [0.25, 0.3) is 0 Å². The van der Waals surface area contributed by atoms with E-state index in [1.54, 1.807) is 0 Å². The number of hydrogen-bond acceptors (Lipinski definition) is 2. The molecule has 0 spiro atoms. The zero-order valence-corrected chi connectivity index (χ0v) is 14.0. The van der Waals surface area contributed by atoms with Crippen LogP contribution in [0.2, 0.25) is 0 Å². The minimum Gasteiger partial charge on any atom is -0.329 e.